The Morgan fingerprint density at radius 2 is 2.15 bits per heavy atom. The summed E-state index contributed by atoms with van der Waals surface area (Å²) in [6.45, 7) is 0.611. The molecule has 0 aliphatic carbocycles. The van der Waals surface area contributed by atoms with E-state index < -0.39 is 0 Å². The Hall–Kier alpha value is -2.56. The van der Waals surface area contributed by atoms with Gasteiger partial charge in [0.1, 0.15) is 11.6 Å². The number of hydrogen-bond donors (Lipinski definition) is 3. The Labute approximate surface area is 117 Å². The average Bonchev–Trinajstić information content (AvgIpc) is 2.96. The number of phenols is 1. The second-order valence-electron chi connectivity index (χ2n) is 4.36. The van der Waals surface area contributed by atoms with Crippen LogP contribution >= 0.6 is 0 Å². The fourth-order valence-corrected chi connectivity index (χ4v) is 1.72. The Morgan fingerprint density at radius 3 is 2.85 bits per heavy atom. The van der Waals surface area contributed by atoms with Gasteiger partial charge in [-0.1, -0.05) is 12.1 Å². The highest BCUT2D eigenvalue weighted by Gasteiger charge is 1.97. The zero-order chi connectivity index (χ0) is 14.2. The molecule has 0 saturated heterocycles. The molecule has 1 aromatic carbocycles. The van der Waals surface area contributed by atoms with E-state index in [1.807, 2.05) is 0 Å². The van der Waals surface area contributed by atoms with Crippen molar-refractivity contribution in [3.8, 4) is 5.75 Å². The maximum Gasteiger partial charge on any atom is 0.243 e. The fourth-order valence-electron chi connectivity index (χ4n) is 1.72. The van der Waals surface area contributed by atoms with Gasteiger partial charge in [0.05, 0.1) is 0 Å². The minimum absolute atomic E-state index is 0.127. The Bertz CT molecular complexity index is 559. The SMILES string of the molecule is O=C(/C=C/c1ccc(O)cc1)NCCCc1ncc[nH]1. The largest absolute Gasteiger partial charge is 0.508 e. The summed E-state index contributed by atoms with van der Waals surface area (Å²) in [5.41, 5.74) is 0.869. The molecule has 0 spiro atoms. The van der Waals surface area contributed by atoms with Crippen LogP contribution in [-0.2, 0) is 11.2 Å². The second-order valence-corrected chi connectivity index (χ2v) is 4.36. The van der Waals surface area contributed by atoms with Gasteiger partial charge >= 0.3 is 0 Å². The van der Waals surface area contributed by atoms with Gasteiger partial charge in [0, 0.05) is 31.4 Å². The minimum Gasteiger partial charge on any atom is -0.508 e. The third kappa shape index (κ3) is 4.61. The van der Waals surface area contributed by atoms with Crippen LogP contribution in [-0.4, -0.2) is 27.5 Å². The van der Waals surface area contributed by atoms with E-state index in [4.69, 9.17) is 5.11 Å². The molecular weight excluding hydrogens is 254 g/mol. The van der Waals surface area contributed by atoms with Gasteiger partial charge < -0.3 is 15.4 Å². The number of rotatable bonds is 6. The van der Waals surface area contributed by atoms with E-state index in [1.54, 1.807) is 42.7 Å². The lowest BCUT2D eigenvalue weighted by molar-refractivity contribution is -0.116. The highest BCUT2D eigenvalue weighted by atomic mass is 16.3. The number of nitrogens with zero attached hydrogens (tertiary/aromatic N) is 1. The molecule has 3 N–H and O–H groups in total. The normalized spacial score (nSPS) is 10.8. The van der Waals surface area contributed by atoms with Gasteiger partial charge in [-0.3, -0.25) is 4.79 Å². The van der Waals surface area contributed by atoms with Crippen molar-refractivity contribution < 1.29 is 9.90 Å². The minimum atomic E-state index is -0.127. The van der Waals surface area contributed by atoms with Crippen LogP contribution in [0.2, 0.25) is 0 Å². The maximum absolute atomic E-state index is 11.6. The molecule has 5 nitrogen and oxygen atoms in total. The first-order chi connectivity index (χ1) is 9.74. The molecule has 0 unspecified atom stereocenters. The second kappa shape index (κ2) is 7.13. The van der Waals surface area contributed by atoms with Crippen molar-refractivity contribution in [2.45, 2.75) is 12.8 Å². The number of amides is 1. The van der Waals surface area contributed by atoms with Gasteiger partial charge in [-0.2, -0.15) is 0 Å². The van der Waals surface area contributed by atoms with Crippen molar-refractivity contribution in [1.82, 2.24) is 15.3 Å². The first kappa shape index (κ1) is 13.9. The average molecular weight is 271 g/mol. The van der Waals surface area contributed by atoms with Crippen LogP contribution in [0, 0.1) is 0 Å². The summed E-state index contributed by atoms with van der Waals surface area (Å²) in [4.78, 5) is 18.7. The standard InChI is InChI=1S/C15H17N3O2/c19-13-6-3-12(4-7-13)5-8-15(20)18-9-1-2-14-16-10-11-17-14/h3-8,10-11,19H,1-2,9H2,(H,16,17)(H,18,20)/b8-5+. The molecule has 0 atom stereocenters. The van der Waals surface area contributed by atoms with E-state index in [2.05, 4.69) is 15.3 Å². The van der Waals surface area contributed by atoms with Crippen molar-refractivity contribution in [3.05, 3.63) is 54.1 Å². The van der Waals surface area contributed by atoms with Gasteiger partial charge in [-0.25, -0.2) is 4.98 Å². The summed E-state index contributed by atoms with van der Waals surface area (Å²) in [6, 6.07) is 6.66. The summed E-state index contributed by atoms with van der Waals surface area (Å²) in [7, 11) is 0. The molecule has 0 saturated carbocycles. The molecule has 1 heterocycles. The van der Waals surface area contributed by atoms with Gasteiger partial charge in [0.25, 0.3) is 0 Å². The fraction of sp³-hybridized carbons (Fsp3) is 0.200. The summed E-state index contributed by atoms with van der Waals surface area (Å²) >= 11 is 0. The highest BCUT2D eigenvalue weighted by molar-refractivity contribution is 5.91. The quantitative estimate of drug-likeness (QED) is 0.554. The van der Waals surface area contributed by atoms with E-state index in [9.17, 15) is 4.79 Å². The van der Waals surface area contributed by atoms with Crippen LogP contribution in [0.5, 0.6) is 5.75 Å². The number of carbonyl (C=O) groups excluding carboxylic acids is 1. The van der Waals surface area contributed by atoms with E-state index >= 15 is 0 Å². The van der Waals surface area contributed by atoms with Crippen LogP contribution in [0.4, 0.5) is 0 Å². The third-order valence-corrected chi connectivity index (χ3v) is 2.76. The van der Waals surface area contributed by atoms with Gasteiger partial charge in [0.15, 0.2) is 0 Å². The predicted molar refractivity (Wildman–Crippen MR) is 77.1 cm³/mol. The van der Waals surface area contributed by atoms with Crippen LogP contribution < -0.4 is 5.32 Å². The number of aryl methyl sites for hydroxylation is 1. The third-order valence-electron chi connectivity index (χ3n) is 2.76. The summed E-state index contributed by atoms with van der Waals surface area (Å²) in [5.74, 6) is 1.01. The molecule has 2 aromatic rings. The van der Waals surface area contributed by atoms with Gasteiger partial charge in [-0.05, 0) is 30.2 Å². The summed E-state index contributed by atoms with van der Waals surface area (Å²) in [6.07, 6.45) is 8.35. The number of aromatic hydroxyl groups is 1. The number of aromatic nitrogens is 2. The molecule has 1 aromatic heterocycles. The molecular formula is C15H17N3O2. The Morgan fingerprint density at radius 1 is 1.35 bits per heavy atom. The molecule has 0 fully saturated rings. The topological polar surface area (TPSA) is 78.0 Å². The lowest BCUT2D eigenvalue weighted by Crippen LogP contribution is -2.22. The highest BCUT2D eigenvalue weighted by Crippen LogP contribution is 2.10. The van der Waals surface area contributed by atoms with Crippen LogP contribution in [0.3, 0.4) is 0 Å². The zero-order valence-electron chi connectivity index (χ0n) is 11.0. The lowest BCUT2D eigenvalue weighted by Gasteiger charge is -2.01. The van der Waals surface area contributed by atoms with E-state index in [0.717, 1.165) is 24.2 Å². The van der Waals surface area contributed by atoms with E-state index in [0.29, 0.717) is 6.54 Å². The summed E-state index contributed by atoms with van der Waals surface area (Å²) in [5, 5.41) is 12.0. The number of phenolic OH excluding ortho intramolecular Hbond substituents is 1. The number of benzene rings is 1. The van der Waals surface area contributed by atoms with Crippen molar-refractivity contribution in [2.75, 3.05) is 6.54 Å². The molecule has 1 amide bonds. The monoisotopic (exact) mass is 271 g/mol. The number of carbonyl (C=O) groups is 1. The van der Waals surface area contributed by atoms with Gasteiger partial charge in [0.2, 0.25) is 5.91 Å². The first-order valence-corrected chi connectivity index (χ1v) is 6.47. The molecule has 104 valence electrons. The van der Waals surface area contributed by atoms with Crippen LogP contribution in [0.15, 0.2) is 42.7 Å². The summed E-state index contributed by atoms with van der Waals surface area (Å²) < 4.78 is 0. The van der Waals surface area contributed by atoms with Crippen molar-refractivity contribution in [1.29, 1.82) is 0 Å². The smallest absolute Gasteiger partial charge is 0.243 e. The van der Waals surface area contributed by atoms with Crippen LogP contribution in [0.25, 0.3) is 6.08 Å². The zero-order valence-corrected chi connectivity index (χ0v) is 11.0. The lowest BCUT2D eigenvalue weighted by atomic mass is 10.2. The molecule has 2 rings (SSSR count). The number of imidazole rings is 1. The van der Waals surface area contributed by atoms with Crippen molar-refractivity contribution >= 4 is 12.0 Å². The number of H-pyrrole nitrogens is 1. The number of aromatic amines is 1. The number of nitrogens with one attached hydrogen (secondary N) is 2. The maximum atomic E-state index is 11.6. The molecule has 5 heteroatoms. The molecule has 0 aliphatic rings. The van der Waals surface area contributed by atoms with Crippen LogP contribution in [0.1, 0.15) is 17.8 Å². The predicted octanol–water partition coefficient (Wildman–Crippen LogP) is 1.88. The van der Waals surface area contributed by atoms with E-state index in [-0.39, 0.29) is 11.7 Å². The van der Waals surface area contributed by atoms with Gasteiger partial charge in [-0.15, -0.1) is 0 Å². The first-order valence-electron chi connectivity index (χ1n) is 6.47. The molecule has 0 bridgehead atoms. The molecule has 0 radical (unpaired) electrons. The van der Waals surface area contributed by atoms with E-state index in [1.165, 1.54) is 6.08 Å². The Kier molecular flexibility index (Phi) is 4.94. The Balaban J connectivity index is 1.68. The molecule has 20 heavy (non-hydrogen) atoms. The number of hydrogen-bond acceptors (Lipinski definition) is 3. The van der Waals surface area contributed by atoms with Crippen molar-refractivity contribution in [2.24, 2.45) is 0 Å². The van der Waals surface area contributed by atoms with Crippen molar-refractivity contribution in [3.63, 3.8) is 0 Å². The molecule has 0 aliphatic heterocycles.